The van der Waals surface area contributed by atoms with Gasteiger partial charge in [-0.05, 0) is 54.1 Å². The van der Waals surface area contributed by atoms with Crippen LogP contribution in [0.5, 0.6) is 23.0 Å². The number of methoxy groups -OCH3 is 2. The zero-order valence-corrected chi connectivity index (χ0v) is 21.3. The van der Waals surface area contributed by atoms with Gasteiger partial charge in [-0.2, -0.15) is 0 Å². The Balaban J connectivity index is 1.47. The fourth-order valence-electron chi connectivity index (χ4n) is 4.56. The Hall–Kier alpha value is -3.56. The van der Waals surface area contributed by atoms with Gasteiger partial charge >= 0.3 is 0 Å². The molecular weight excluding hydrogens is 530 g/mol. The highest BCUT2D eigenvalue weighted by Crippen LogP contribution is 2.45. The first-order chi connectivity index (χ1) is 17.3. The fourth-order valence-corrected chi connectivity index (χ4v) is 4.92. The van der Waals surface area contributed by atoms with E-state index in [-0.39, 0.29) is 12.3 Å². The molecule has 3 aromatic rings. The first kappa shape index (κ1) is 24.1. The maximum absolute atomic E-state index is 13.7. The molecular formula is C27H24BrNO7. The van der Waals surface area contributed by atoms with Crippen LogP contribution < -0.4 is 23.8 Å². The van der Waals surface area contributed by atoms with Gasteiger partial charge in [0.2, 0.25) is 0 Å². The van der Waals surface area contributed by atoms with Crippen LogP contribution in [-0.4, -0.2) is 44.2 Å². The predicted molar refractivity (Wildman–Crippen MR) is 135 cm³/mol. The molecule has 0 aromatic heterocycles. The molecule has 186 valence electrons. The van der Waals surface area contributed by atoms with Gasteiger partial charge in [0, 0.05) is 15.6 Å². The smallest absolute Gasteiger partial charge is 0.264 e. The maximum Gasteiger partial charge on any atom is 0.264 e. The van der Waals surface area contributed by atoms with Crippen molar-refractivity contribution in [3.8, 4) is 23.0 Å². The monoisotopic (exact) mass is 553 g/mol. The largest absolute Gasteiger partial charge is 0.493 e. The molecule has 0 fully saturated rings. The number of ketones is 1. The number of halogens is 1. The van der Waals surface area contributed by atoms with E-state index in [1.54, 1.807) is 55.6 Å². The van der Waals surface area contributed by atoms with E-state index in [1.165, 1.54) is 12.0 Å². The number of nitrogens with zero attached hydrogens (tertiary/aromatic N) is 1. The summed E-state index contributed by atoms with van der Waals surface area (Å²) in [5.74, 6) is 1.17. The lowest BCUT2D eigenvalue weighted by molar-refractivity contribution is -0.136. The van der Waals surface area contributed by atoms with Crippen molar-refractivity contribution in [3.05, 3.63) is 75.8 Å². The number of rotatable bonds is 7. The lowest BCUT2D eigenvalue weighted by atomic mass is 9.88. The van der Waals surface area contributed by atoms with Crippen LogP contribution in [0.2, 0.25) is 0 Å². The van der Waals surface area contributed by atoms with E-state index in [0.717, 1.165) is 5.56 Å². The fraction of sp³-hybridized carbons (Fsp3) is 0.259. The first-order valence-electron chi connectivity index (χ1n) is 11.3. The predicted octanol–water partition coefficient (Wildman–Crippen LogP) is 4.24. The molecule has 8 nitrogen and oxygen atoms in total. The third-order valence-corrected chi connectivity index (χ3v) is 6.86. The summed E-state index contributed by atoms with van der Waals surface area (Å²) in [6.45, 7) is 1.00. The molecule has 1 amide bonds. The van der Waals surface area contributed by atoms with Crippen molar-refractivity contribution in [1.82, 2.24) is 0 Å². The van der Waals surface area contributed by atoms with Crippen molar-refractivity contribution < 1.29 is 33.6 Å². The zero-order valence-electron chi connectivity index (χ0n) is 19.7. The molecule has 1 atom stereocenters. The number of Topliss-reactive ketones (excluding diaryl/α,β-unsaturated/α-hetero) is 1. The number of amides is 1. The Morgan fingerprint density at radius 1 is 1.00 bits per heavy atom. The van der Waals surface area contributed by atoms with Gasteiger partial charge in [-0.3, -0.25) is 9.59 Å². The molecule has 9 heteroatoms. The molecule has 0 saturated carbocycles. The molecule has 2 aliphatic rings. The van der Waals surface area contributed by atoms with Gasteiger partial charge in [0.25, 0.3) is 5.91 Å². The molecule has 0 bridgehead atoms. The molecule has 1 unspecified atom stereocenters. The second-order valence-corrected chi connectivity index (χ2v) is 9.48. The standard InChI is InChI=1S/C27H24BrNO7/c1-33-22-7-3-16(11-24(22)34-2)15-29-20-6-5-18(28)13-19(20)27(32,26(29)31)14-21(30)17-4-8-23-25(12-17)36-10-9-35-23/h3-8,11-13,32H,9-10,14-15H2,1-2H3. The Morgan fingerprint density at radius 3 is 2.50 bits per heavy atom. The molecule has 0 spiro atoms. The third kappa shape index (κ3) is 4.18. The van der Waals surface area contributed by atoms with Gasteiger partial charge < -0.3 is 29.0 Å². The Bertz CT molecular complexity index is 1360. The topological polar surface area (TPSA) is 94.5 Å². The van der Waals surface area contributed by atoms with Crippen LogP contribution in [0.1, 0.15) is 27.9 Å². The van der Waals surface area contributed by atoms with Crippen molar-refractivity contribution in [2.45, 2.75) is 18.6 Å². The Morgan fingerprint density at radius 2 is 1.75 bits per heavy atom. The molecule has 2 heterocycles. The molecule has 1 N–H and O–H groups in total. The van der Waals surface area contributed by atoms with E-state index in [2.05, 4.69) is 15.9 Å². The average Bonchev–Trinajstić information content (AvgIpc) is 3.09. The van der Waals surface area contributed by atoms with E-state index in [0.29, 0.717) is 57.5 Å². The van der Waals surface area contributed by atoms with Gasteiger partial charge in [-0.1, -0.05) is 22.0 Å². The molecule has 0 radical (unpaired) electrons. The highest BCUT2D eigenvalue weighted by Gasteiger charge is 2.51. The molecule has 2 aliphatic heterocycles. The molecule has 0 aliphatic carbocycles. The molecule has 0 saturated heterocycles. The number of benzene rings is 3. The van der Waals surface area contributed by atoms with E-state index in [1.807, 2.05) is 6.07 Å². The van der Waals surface area contributed by atoms with Crippen molar-refractivity contribution in [3.63, 3.8) is 0 Å². The number of fused-ring (bicyclic) bond motifs is 2. The summed E-state index contributed by atoms with van der Waals surface area (Å²) in [5, 5.41) is 11.7. The highest BCUT2D eigenvalue weighted by molar-refractivity contribution is 9.10. The minimum atomic E-state index is -2.03. The van der Waals surface area contributed by atoms with Crippen LogP contribution in [0.3, 0.4) is 0 Å². The number of aliphatic hydroxyl groups is 1. The summed E-state index contributed by atoms with van der Waals surface area (Å²) in [5.41, 5.74) is -0.0173. The van der Waals surface area contributed by atoms with Crippen LogP contribution in [0, 0.1) is 0 Å². The second-order valence-electron chi connectivity index (χ2n) is 8.56. The van der Waals surface area contributed by atoms with Crippen molar-refractivity contribution >= 4 is 33.3 Å². The minimum Gasteiger partial charge on any atom is -0.493 e. The number of anilines is 1. The lowest BCUT2D eigenvalue weighted by Crippen LogP contribution is -2.41. The summed E-state index contributed by atoms with van der Waals surface area (Å²) in [6, 6.07) is 15.5. The zero-order chi connectivity index (χ0) is 25.4. The van der Waals surface area contributed by atoms with Crippen LogP contribution in [0.15, 0.2) is 59.1 Å². The van der Waals surface area contributed by atoms with Crippen LogP contribution >= 0.6 is 15.9 Å². The first-order valence-corrected chi connectivity index (χ1v) is 12.1. The van der Waals surface area contributed by atoms with Gasteiger partial charge in [-0.15, -0.1) is 0 Å². The van der Waals surface area contributed by atoms with E-state index >= 15 is 0 Å². The van der Waals surface area contributed by atoms with Crippen LogP contribution in [0.25, 0.3) is 0 Å². The van der Waals surface area contributed by atoms with E-state index in [4.69, 9.17) is 18.9 Å². The van der Waals surface area contributed by atoms with Gasteiger partial charge in [0.1, 0.15) is 13.2 Å². The van der Waals surface area contributed by atoms with E-state index < -0.39 is 17.9 Å². The van der Waals surface area contributed by atoms with E-state index in [9.17, 15) is 14.7 Å². The van der Waals surface area contributed by atoms with Crippen molar-refractivity contribution in [2.75, 3.05) is 32.3 Å². The van der Waals surface area contributed by atoms with Crippen LogP contribution in [0.4, 0.5) is 5.69 Å². The number of carbonyl (C=O) groups excluding carboxylic acids is 2. The Labute approximate surface area is 216 Å². The number of carbonyl (C=O) groups is 2. The molecule has 5 rings (SSSR count). The van der Waals surface area contributed by atoms with Gasteiger partial charge in [0.15, 0.2) is 34.4 Å². The number of ether oxygens (including phenoxy) is 4. The normalized spacial score (nSPS) is 18.1. The summed E-state index contributed by atoms with van der Waals surface area (Å²) in [4.78, 5) is 28.5. The highest BCUT2D eigenvalue weighted by atomic mass is 79.9. The maximum atomic E-state index is 13.7. The third-order valence-electron chi connectivity index (χ3n) is 6.36. The summed E-state index contributed by atoms with van der Waals surface area (Å²) in [7, 11) is 3.09. The van der Waals surface area contributed by atoms with Gasteiger partial charge in [-0.25, -0.2) is 0 Å². The Kier molecular flexibility index (Phi) is 6.36. The average molecular weight is 554 g/mol. The summed E-state index contributed by atoms with van der Waals surface area (Å²) >= 11 is 3.42. The quantitative estimate of drug-likeness (QED) is 0.437. The number of hydrogen-bond donors (Lipinski definition) is 1. The number of hydrogen-bond acceptors (Lipinski definition) is 7. The van der Waals surface area contributed by atoms with Crippen molar-refractivity contribution in [1.29, 1.82) is 0 Å². The SMILES string of the molecule is COc1ccc(CN2C(=O)C(O)(CC(=O)c3ccc4c(c3)OCCO4)c3cc(Br)ccc32)cc1OC. The minimum absolute atomic E-state index is 0.175. The lowest BCUT2D eigenvalue weighted by Gasteiger charge is -2.23. The summed E-state index contributed by atoms with van der Waals surface area (Å²) in [6.07, 6.45) is -0.419. The van der Waals surface area contributed by atoms with Crippen molar-refractivity contribution in [2.24, 2.45) is 0 Å². The molecule has 3 aromatic carbocycles. The second kappa shape index (κ2) is 9.48. The molecule has 36 heavy (non-hydrogen) atoms. The van der Waals surface area contributed by atoms with Crippen LogP contribution in [-0.2, 0) is 16.9 Å². The summed E-state index contributed by atoms with van der Waals surface area (Å²) < 4.78 is 22.5. The van der Waals surface area contributed by atoms with Gasteiger partial charge in [0.05, 0.1) is 32.9 Å².